The number of carbonyl (C=O) groups is 2. The number of likely N-dealkylation sites (tertiary alicyclic amines) is 1. The Labute approximate surface area is 191 Å². The van der Waals surface area contributed by atoms with Gasteiger partial charge in [0.05, 0.1) is 18.3 Å². The number of aromatic nitrogens is 1. The summed E-state index contributed by atoms with van der Waals surface area (Å²) in [7, 11) is 3.82. The molecule has 6 heteroatoms. The number of hydrogen-bond acceptors (Lipinski definition) is 4. The summed E-state index contributed by atoms with van der Waals surface area (Å²) in [5.74, 6) is 1.05. The van der Waals surface area contributed by atoms with E-state index in [0.29, 0.717) is 18.7 Å². The lowest BCUT2D eigenvalue weighted by Crippen LogP contribution is -2.56. The monoisotopic (exact) mass is 437 g/mol. The van der Waals surface area contributed by atoms with Gasteiger partial charge in [-0.15, -0.1) is 0 Å². The first kappa shape index (κ1) is 22.6. The van der Waals surface area contributed by atoms with E-state index in [-0.39, 0.29) is 17.2 Å². The maximum atomic E-state index is 13.2. The molecule has 1 aromatic carbocycles. The molecule has 4 rings (SSSR count). The molecule has 32 heavy (non-hydrogen) atoms. The molecular weight excluding hydrogens is 402 g/mol. The number of likely N-dealkylation sites (N-methyl/N-ethyl adjacent to an activating group) is 1. The van der Waals surface area contributed by atoms with Gasteiger partial charge in [0, 0.05) is 42.9 Å². The first-order valence-electron chi connectivity index (χ1n) is 11.5. The van der Waals surface area contributed by atoms with Gasteiger partial charge in [0.15, 0.2) is 5.78 Å². The quantitative estimate of drug-likeness (QED) is 0.678. The summed E-state index contributed by atoms with van der Waals surface area (Å²) < 4.78 is 7.56. The van der Waals surface area contributed by atoms with Crippen LogP contribution in [0.3, 0.4) is 0 Å². The summed E-state index contributed by atoms with van der Waals surface area (Å²) in [6.07, 6.45) is 1.72. The number of benzene rings is 1. The van der Waals surface area contributed by atoms with Crippen molar-refractivity contribution in [3.63, 3.8) is 0 Å². The Morgan fingerprint density at radius 2 is 1.69 bits per heavy atom. The largest absolute Gasteiger partial charge is 0.496 e. The van der Waals surface area contributed by atoms with Crippen LogP contribution in [0.4, 0.5) is 0 Å². The molecule has 1 spiro atoms. The van der Waals surface area contributed by atoms with Crippen molar-refractivity contribution in [2.24, 2.45) is 5.41 Å². The number of aryl methyl sites for hydroxylation is 1. The van der Waals surface area contributed by atoms with Gasteiger partial charge >= 0.3 is 0 Å². The van der Waals surface area contributed by atoms with E-state index in [1.54, 1.807) is 7.11 Å². The third-order valence-corrected chi connectivity index (χ3v) is 7.28. The highest BCUT2D eigenvalue weighted by molar-refractivity contribution is 5.98. The molecule has 1 amide bonds. The Hall–Kier alpha value is -2.60. The van der Waals surface area contributed by atoms with Crippen LogP contribution in [0.2, 0.25) is 0 Å². The molecular formula is C26H35N3O3. The van der Waals surface area contributed by atoms with Crippen molar-refractivity contribution in [1.29, 1.82) is 0 Å². The number of nitrogens with zero attached hydrogens (tertiary/aromatic N) is 3. The number of fused-ring (bicyclic) bond motifs is 2. The van der Waals surface area contributed by atoms with Crippen LogP contribution in [0.25, 0.3) is 0 Å². The summed E-state index contributed by atoms with van der Waals surface area (Å²) in [6, 6.07) is 9.76. The van der Waals surface area contributed by atoms with Crippen molar-refractivity contribution in [1.82, 2.24) is 14.4 Å². The van der Waals surface area contributed by atoms with Crippen LogP contribution in [-0.4, -0.2) is 59.8 Å². The lowest BCUT2D eigenvalue weighted by molar-refractivity contribution is 0.0126. The Morgan fingerprint density at radius 1 is 1.00 bits per heavy atom. The summed E-state index contributed by atoms with van der Waals surface area (Å²) in [5, 5.41) is 0. The van der Waals surface area contributed by atoms with Gasteiger partial charge in [0.25, 0.3) is 5.91 Å². The van der Waals surface area contributed by atoms with E-state index in [0.717, 1.165) is 42.9 Å². The maximum Gasteiger partial charge on any atom is 0.253 e. The SMILES string of the molecule is COc1ccc(C(=O)N2CCC3(CC2)c2ccc(C(=O)C(C)(C)C)n2CCN3C)cc1C. The van der Waals surface area contributed by atoms with Crippen molar-refractivity contribution in [3.05, 3.63) is 52.8 Å². The summed E-state index contributed by atoms with van der Waals surface area (Å²) in [6.45, 7) is 11.0. The van der Waals surface area contributed by atoms with Crippen molar-refractivity contribution >= 4 is 11.7 Å². The van der Waals surface area contributed by atoms with Crippen LogP contribution >= 0.6 is 0 Å². The molecule has 172 valence electrons. The predicted octanol–water partition coefficient (Wildman–Crippen LogP) is 4.11. The summed E-state index contributed by atoms with van der Waals surface area (Å²) >= 11 is 0. The Kier molecular flexibility index (Phi) is 5.70. The third kappa shape index (κ3) is 3.64. The molecule has 0 radical (unpaired) electrons. The average molecular weight is 438 g/mol. The molecule has 0 N–H and O–H groups in total. The number of carbonyl (C=O) groups excluding carboxylic acids is 2. The minimum absolute atomic E-state index is 0.0723. The van der Waals surface area contributed by atoms with Gasteiger partial charge in [0.1, 0.15) is 5.75 Å². The number of hydrogen-bond donors (Lipinski definition) is 0. The minimum Gasteiger partial charge on any atom is -0.496 e. The van der Waals surface area contributed by atoms with Gasteiger partial charge in [-0.25, -0.2) is 0 Å². The second-order valence-electron chi connectivity index (χ2n) is 10.3. The zero-order chi connectivity index (χ0) is 23.3. The lowest BCUT2D eigenvalue weighted by atomic mass is 9.81. The fourth-order valence-corrected chi connectivity index (χ4v) is 5.27. The predicted molar refractivity (Wildman–Crippen MR) is 125 cm³/mol. The first-order valence-corrected chi connectivity index (χ1v) is 11.5. The van der Waals surface area contributed by atoms with E-state index < -0.39 is 5.41 Å². The fourth-order valence-electron chi connectivity index (χ4n) is 5.27. The van der Waals surface area contributed by atoms with Crippen LogP contribution in [0.5, 0.6) is 5.75 Å². The normalized spacial score (nSPS) is 18.5. The van der Waals surface area contributed by atoms with Gasteiger partial charge in [-0.3, -0.25) is 14.5 Å². The molecule has 2 aromatic rings. The van der Waals surface area contributed by atoms with E-state index >= 15 is 0 Å². The second kappa shape index (κ2) is 8.07. The standard InChI is InChI=1S/C26H35N3O3/c1-18-17-19(7-9-21(18)32-6)24(31)28-13-11-26(12-14-28)22-10-8-20(23(30)25(2,3)4)29(22)16-15-27(26)5/h7-10,17H,11-16H2,1-6H3. The van der Waals surface area contributed by atoms with Crippen LogP contribution in [-0.2, 0) is 12.1 Å². The average Bonchev–Trinajstić information content (AvgIpc) is 3.20. The maximum absolute atomic E-state index is 13.2. The Balaban J connectivity index is 1.57. The number of ketones is 1. The van der Waals surface area contributed by atoms with Gasteiger partial charge in [-0.05, 0) is 62.7 Å². The molecule has 1 aromatic heterocycles. The fraction of sp³-hybridized carbons (Fsp3) is 0.538. The molecule has 3 heterocycles. The second-order valence-corrected chi connectivity index (χ2v) is 10.3. The van der Waals surface area contributed by atoms with Gasteiger partial charge in [-0.1, -0.05) is 20.8 Å². The third-order valence-electron chi connectivity index (χ3n) is 7.28. The van der Waals surface area contributed by atoms with Gasteiger partial charge < -0.3 is 14.2 Å². The van der Waals surface area contributed by atoms with Crippen LogP contribution in [0, 0.1) is 12.3 Å². The highest BCUT2D eigenvalue weighted by Crippen LogP contribution is 2.42. The number of rotatable bonds is 3. The molecule has 1 saturated heterocycles. The van der Waals surface area contributed by atoms with E-state index in [2.05, 4.69) is 22.6 Å². The van der Waals surface area contributed by atoms with Crippen LogP contribution < -0.4 is 4.74 Å². The zero-order valence-electron chi connectivity index (χ0n) is 20.2. The molecule has 1 fully saturated rings. The van der Waals surface area contributed by atoms with Gasteiger partial charge in [0.2, 0.25) is 0 Å². The summed E-state index contributed by atoms with van der Waals surface area (Å²) in [4.78, 5) is 30.6. The minimum atomic E-state index is -0.405. The van der Waals surface area contributed by atoms with E-state index in [1.165, 1.54) is 5.69 Å². The van der Waals surface area contributed by atoms with Crippen molar-refractivity contribution in [2.45, 2.75) is 52.6 Å². The van der Waals surface area contributed by atoms with Gasteiger partial charge in [-0.2, -0.15) is 0 Å². The number of ether oxygens (including phenoxy) is 1. The van der Waals surface area contributed by atoms with E-state index in [9.17, 15) is 9.59 Å². The molecule has 2 aliphatic rings. The number of Topliss-reactive ketones (excluding diaryl/α,β-unsaturated/α-hetero) is 1. The molecule has 0 atom stereocenters. The van der Waals surface area contributed by atoms with Crippen molar-refractivity contribution in [3.8, 4) is 5.75 Å². The highest BCUT2D eigenvalue weighted by atomic mass is 16.5. The van der Waals surface area contributed by atoms with E-state index in [4.69, 9.17) is 4.74 Å². The molecule has 0 unspecified atom stereocenters. The number of amides is 1. The molecule has 0 bridgehead atoms. The smallest absolute Gasteiger partial charge is 0.253 e. The Morgan fingerprint density at radius 3 is 2.28 bits per heavy atom. The van der Waals surface area contributed by atoms with Crippen LogP contribution in [0.1, 0.15) is 65.7 Å². The molecule has 0 aliphatic carbocycles. The molecule has 0 saturated carbocycles. The Bertz CT molecular complexity index is 1040. The molecule has 6 nitrogen and oxygen atoms in total. The first-order chi connectivity index (χ1) is 15.1. The van der Waals surface area contributed by atoms with Crippen LogP contribution in [0.15, 0.2) is 30.3 Å². The van der Waals surface area contributed by atoms with E-state index in [1.807, 2.05) is 56.9 Å². The number of methoxy groups -OCH3 is 1. The molecule has 2 aliphatic heterocycles. The number of piperidine rings is 1. The zero-order valence-corrected chi connectivity index (χ0v) is 20.2. The summed E-state index contributed by atoms with van der Waals surface area (Å²) in [5.41, 5.74) is 3.16. The highest BCUT2D eigenvalue weighted by Gasteiger charge is 2.45. The lowest BCUT2D eigenvalue weighted by Gasteiger charge is -2.50. The van der Waals surface area contributed by atoms with Crippen molar-refractivity contribution < 1.29 is 14.3 Å². The topological polar surface area (TPSA) is 54.8 Å². The van der Waals surface area contributed by atoms with Crippen molar-refractivity contribution in [2.75, 3.05) is 33.8 Å².